The largest absolute Gasteiger partial charge is 0.480 e. The van der Waals surface area contributed by atoms with Crippen molar-refractivity contribution in [2.24, 2.45) is 0 Å². The van der Waals surface area contributed by atoms with Gasteiger partial charge in [0.05, 0.1) is 7.11 Å². The molecule has 1 saturated heterocycles. The summed E-state index contributed by atoms with van der Waals surface area (Å²) in [5.41, 5.74) is 0. The highest BCUT2D eigenvalue weighted by atomic mass is 32.2. The molecule has 8 nitrogen and oxygen atoms in total. The predicted octanol–water partition coefficient (Wildman–Crippen LogP) is -0.397. The highest BCUT2D eigenvalue weighted by molar-refractivity contribution is 7.85. The number of carboxylic acid groups (broad SMARTS) is 1. The molecular formula is C12H20N2O6S. The smallest absolute Gasteiger partial charge is 0.326 e. The first-order valence-corrected chi connectivity index (χ1v) is 8.12. The van der Waals surface area contributed by atoms with Crippen LogP contribution in [0.4, 0.5) is 4.79 Å². The maximum atomic E-state index is 11.7. The molecular weight excluding hydrogens is 300 g/mol. The summed E-state index contributed by atoms with van der Waals surface area (Å²) >= 11 is 0. The summed E-state index contributed by atoms with van der Waals surface area (Å²) in [4.78, 5) is 33.8. The van der Waals surface area contributed by atoms with Crippen molar-refractivity contribution in [3.05, 3.63) is 0 Å². The minimum Gasteiger partial charge on any atom is -0.480 e. The van der Waals surface area contributed by atoms with E-state index < -0.39 is 34.8 Å². The number of nitrogens with one attached hydrogen (secondary N) is 2. The number of carbonyl (C=O) groups is 3. The van der Waals surface area contributed by atoms with E-state index in [0.717, 1.165) is 0 Å². The molecule has 120 valence electrons. The van der Waals surface area contributed by atoms with Crippen LogP contribution in [0.2, 0.25) is 0 Å². The molecule has 1 heterocycles. The maximum Gasteiger partial charge on any atom is 0.326 e. The number of urea groups is 1. The fourth-order valence-corrected chi connectivity index (χ4v) is 3.24. The van der Waals surface area contributed by atoms with Crippen LogP contribution in [0.1, 0.15) is 25.7 Å². The Kier molecular flexibility index (Phi) is 7.13. The Labute approximate surface area is 125 Å². The van der Waals surface area contributed by atoms with Crippen LogP contribution in [0.3, 0.4) is 0 Å². The van der Waals surface area contributed by atoms with Gasteiger partial charge in [0.25, 0.3) is 0 Å². The van der Waals surface area contributed by atoms with Crippen LogP contribution < -0.4 is 10.6 Å². The molecule has 21 heavy (non-hydrogen) atoms. The molecule has 0 saturated carbocycles. The van der Waals surface area contributed by atoms with E-state index in [9.17, 15) is 18.6 Å². The van der Waals surface area contributed by atoms with Gasteiger partial charge in [0.15, 0.2) is 0 Å². The molecule has 9 heteroatoms. The molecule has 1 rings (SSSR count). The number of methoxy groups -OCH3 is 1. The first-order chi connectivity index (χ1) is 9.92. The summed E-state index contributed by atoms with van der Waals surface area (Å²) in [5.74, 6) is -0.664. The van der Waals surface area contributed by atoms with Crippen LogP contribution in [-0.4, -0.2) is 58.0 Å². The molecule has 0 spiro atoms. The van der Waals surface area contributed by atoms with E-state index in [2.05, 4.69) is 15.4 Å². The summed E-state index contributed by atoms with van der Waals surface area (Å²) in [6.07, 6.45) is 1.10. The minimum atomic E-state index is -1.21. The number of hydrogen-bond donors (Lipinski definition) is 3. The second-order valence-corrected chi connectivity index (χ2v) is 6.44. The van der Waals surface area contributed by atoms with Crippen molar-refractivity contribution in [2.45, 2.75) is 37.8 Å². The molecule has 1 fully saturated rings. The van der Waals surface area contributed by atoms with Crippen molar-refractivity contribution in [3.63, 3.8) is 0 Å². The summed E-state index contributed by atoms with van der Waals surface area (Å²) in [7, 11) is 0.393. The number of carbonyl (C=O) groups excluding carboxylic acids is 2. The molecule has 0 aromatic rings. The fraction of sp³-hybridized carbons (Fsp3) is 0.750. The van der Waals surface area contributed by atoms with Crippen molar-refractivity contribution < 1.29 is 28.4 Å². The van der Waals surface area contributed by atoms with Crippen molar-refractivity contribution in [1.82, 2.24) is 10.6 Å². The van der Waals surface area contributed by atoms with E-state index in [1.54, 1.807) is 0 Å². The number of aliphatic carboxylic acids is 1. The number of ether oxygens (including phenoxy) is 1. The minimum absolute atomic E-state index is 0.0376. The van der Waals surface area contributed by atoms with Crippen LogP contribution in [0.25, 0.3) is 0 Å². The molecule has 2 amide bonds. The fourth-order valence-electron chi connectivity index (χ4n) is 1.95. The highest BCUT2D eigenvalue weighted by Crippen LogP contribution is 2.09. The monoisotopic (exact) mass is 320 g/mol. The standard InChI is InChI=1S/C12H20N2O6S/c1-20-10(15)3-2-9(11(16)17)14-12(18)13-8-4-6-21(19)7-5-8/h8-9H,2-7H2,1H3,(H,16,17)(H2,13,14,18)/t8?,9-,21?/m1/s1. The molecule has 0 unspecified atom stereocenters. The summed E-state index contributed by atoms with van der Waals surface area (Å²) in [6.45, 7) is 0. The zero-order valence-corrected chi connectivity index (χ0v) is 12.6. The Bertz CT molecular complexity index is 418. The van der Waals surface area contributed by atoms with E-state index in [-0.39, 0.29) is 18.9 Å². The van der Waals surface area contributed by atoms with Gasteiger partial charge < -0.3 is 20.5 Å². The van der Waals surface area contributed by atoms with Gasteiger partial charge in [-0.15, -0.1) is 0 Å². The second-order valence-electron chi connectivity index (χ2n) is 4.75. The van der Waals surface area contributed by atoms with Crippen LogP contribution in [0.15, 0.2) is 0 Å². The quantitative estimate of drug-likeness (QED) is 0.573. The number of rotatable bonds is 6. The average Bonchev–Trinajstić information content (AvgIpc) is 2.45. The van der Waals surface area contributed by atoms with Gasteiger partial charge in [-0.1, -0.05) is 0 Å². The van der Waals surface area contributed by atoms with Crippen molar-refractivity contribution in [3.8, 4) is 0 Å². The maximum absolute atomic E-state index is 11.7. The third kappa shape index (κ3) is 6.56. The lowest BCUT2D eigenvalue weighted by molar-refractivity contribution is -0.142. The topological polar surface area (TPSA) is 122 Å². The number of esters is 1. The summed E-state index contributed by atoms with van der Waals surface area (Å²) in [5, 5.41) is 14.0. The average molecular weight is 320 g/mol. The van der Waals surface area contributed by atoms with Gasteiger partial charge in [0.2, 0.25) is 0 Å². The first kappa shape index (κ1) is 17.4. The molecule has 0 aromatic carbocycles. The van der Waals surface area contributed by atoms with Crippen LogP contribution in [-0.2, 0) is 25.1 Å². The zero-order chi connectivity index (χ0) is 15.8. The molecule has 0 bridgehead atoms. The number of carboxylic acids is 1. The van der Waals surface area contributed by atoms with Gasteiger partial charge in [-0.25, -0.2) is 9.59 Å². The van der Waals surface area contributed by atoms with Crippen molar-refractivity contribution >= 4 is 28.8 Å². The van der Waals surface area contributed by atoms with Gasteiger partial charge >= 0.3 is 18.0 Å². The Hall–Kier alpha value is -1.64. The van der Waals surface area contributed by atoms with Crippen LogP contribution >= 0.6 is 0 Å². The van der Waals surface area contributed by atoms with E-state index in [1.807, 2.05) is 0 Å². The van der Waals surface area contributed by atoms with E-state index in [4.69, 9.17) is 5.11 Å². The molecule has 0 aliphatic carbocycles. The van der Waals surface area contributed by atoms with Gasteiger partial charge in [-0.05, 0) is 19.3 Å². The molecule has 3 N–H and O–H groups in total. The summed E-state index contributed by atoms with van der Waals surface area (Å²) in [6, 6.07) is -1.84. The van der Waals surface area contributed by atoms with Crippen molar-refractivity contribution in [2.75, 3.05) is 18.6 Å². The Morgan fingerprint density at radius 2 is 1.95 bits per heavy atom. The van der Waals surface area contributed by atoms with E-state index in [0.29, 0.717) is 24.3 Å². The highest BCUT2D eigenvalue weighted by Gasteiger charge is 2.24. The molecule has 0 radical (unpaired) electrons. The Morgan fingerprint density at radius 1 is 1.33 bits per heavy atom. The lowest BCUT2D eigenvalue weighted by Crippen LogP contribution is -2.50. The second kappa shape index (κ2) is 8.60. The molecule has 1 aliphatic heterocycles. The number of amides is 2. The number of hydrogen-bond acceptors (Lipinski definition) is 5. The SMILES string of the molecule is COC(=O)CC[C@@H](NC(=O)NC1CCS(=O)CC1)C(=O)O. The third-order valence-electron chi connectivity index (χ3n) is 3.19. The van der Waals surface area contributed by atoms with E-state index in [1.165, 1.54) is 7.11 Å². The lowest BCUT2D eigenvalue weighted by atomic mass is 10.1. The Balaban J connectivity index is 2.39. The third-order valence-corrected chi connectivity index (χ3v) is 4.57. The van der Waals surface area contributed by atoms with E-state index >= 15 is 0 Å². The molecule has 1 aliphatic rings. The van der Waals surface area contributed by atoms with Crippen molar-refractivity contribution in [1.29, 1.82) is 0 Å². The lowest BCUT2D eigenvalue weighted by Gasteiger charge is -2.23. The van der Waals surface area contributed by atoms with Crippen LogP contribution in [0.5, 0.6) is 0 Å². The van der Waals surface area contributed by atoms with Gasteiger partial charge in [0, 0.05) is 34.8 Å². The molecule has 0 aromatic heterocycles. The van der Waals surface area contributed by atoms with Crippen LogP contribution in [0, 0.1) is 0 Å². The van der Waals surface area contributed by atoms with Gasteiger partial charge in [-0.3, -0.25) is 9.00 Å². The van der Waals surface area contributed by atoms with Gasteiger partial charge in [0.1, 0.15) is 6.04 Å². The predicted molar refractivity (Wildman–Crippen MR) is 75.2 cm³/mol. The zero-order valence-electron chi connectivity index (χ0n) is 11.8. The van der Waals surface area contributed by atoms with Gasteiger partial charge in [-0.2, -0.15) is 0 Å². The normalized spacial score (nSPS) is 22.9. The first-order valence-electron chi connectivity index (χ1n) is 6.64. The summed E-state index contributed by atoms with van der Waals surface area (Å²) < 4.78 is 15.6. The molecule has 1 atom stereocenters. The Morgan fingerprint density at radius 3 is 2.48 bits per heavy atom.